The average Bonchev–Trinajstić information content (AvgIpc) is 2.83. The summed E-state index contributed by atoms with van der Waals surface area (Å²) in [5, 5.41) is 1.96. The van der Waals surface area contributed by atoms with Gasteiger partial charge in [-0.3, -0.25) is 14.3 Å². The van der Waals surface area contributed by atoms with Crippen LogP contribution < -0.4 is 5.56 Å². The van der Waals surface area contributed by atoms with Crippen LogP contribution in [0.3, 0.4) is 0 Å². The Kier molecular flexibility index (Phi) is 4.13. The Morgan fingerprint density at radius 3 is 2.92 bits per heavy atom. The molecule has 0 aliphatic carbocycles. The third-order valence-corrected chi connectivity index (χ3v) is 5.70. The van der Waals surface area contributed by atoms with Gasteiger partial charge in [-0.2, -0.15) is 0 Å². The number of rotatable bonds is 2. The molecule has 1 aliphatic rings. The first kappa shape index (κ1) is 16.4. The second kappa shape index (κ2) is 6.31. The third kappa shape index (κ3) is 2.98. The van der Waals surface area contributed by atoms with Gasteiger partial charge in [-0.25, -0.2) is 13.8 Å². The molecule has 0 N–H and O–H groups in total. The summed E-state index contributed by atoms with van der Waals surface area (Å²) in [6.07, 6.45) is 0.609. The molecule has 1 aromatic carbocycles. The zero-order valence-electron chi connectivity index (χ0n) is 13.8. The molecule has 2 aromatic heterocycles. The molecule has 0 radical (unpaired) electrons. The number of thiophene rings is 1. The third-order valence-electron chi connectivity index (χ3n) is 4.63. The molecule has 4 rings (SSSR count). The van der Waals surface area contributed by atoms with E-state index in [2.05, 4.69) is 4.98 Å². The first-order valence-corrected chi connectivity index (χ1v) is 9.04. The summed E-state index contributed by atoms with van der Waals surface area (Å²) in [6.45, 7) is 4.03. The molecule has 0 fully saturated rings. The normalized spacial score (nSPS) is 15.3. The van der Waals surface area contributed by atoms with E-state index >= 15 is 0 Å². The summed E-state index contributed by atoms with van der Waals surface area (Å²) in [6, 6.07) is 3.51. The van der Waals surface area contributed by atoms with Crippen LogP contribution in [0.4, 0.5) is 8.78 Å². The van der Waals surface area contributed by atoms with Crippen molar-refractivity contribution in [2.75, 3.05) is 13.1 Å². The minimum Gasteiger partial charge on any atom is -0.297 e. The Labute approximate surface area is 147 Å². The number of fused-ring (bicyclic) bond motifs is 2. The summed E-state index contributed by atoms with van der Waals surface area (Å²) in [5.74, 6) is -0.0843. The van der Waals surface area contributed by atoms with Crippen LogP contribution in [-0.4, -0.2) is 27.5 Å². The van der Waals surface area contributed by atoms with E-state index < -0.39 is 11.6 Å². The second-order valence-electron chi connectivity index (χ2n) is 6.34. The maximum absolute atomic E-state index is 13.9. The Morgan fingerprint density at radius 1 is 1.24 bits per heavy atom. The molecule has 0 saturated carbocycles. The molecule has 0 saturated heterocycles. The summed E-state index contributed by atoms with van der Waals surface area (Å²) in [7, 11) is 0. The average molecular weight is 361 g/mol. The lowest BCUT2D eigenvalue weighted by Gasteiger charge is -2.19. The predicted molar refractivity (Wildman–Crippen MR) is 94.0 cm³/mol. The number of hydrogen-bond acceptors (Lipinski definition) is 4. The van der Waals surface area contributed by atoms with Gasteiger partial charge in [0.1, 0.15) is 22.2 Å². The second-order valence-corrected chi connectivity index (χ2v) is 7.22. The molecule has 0 amide bonds. The van der Waals surface area contributed by atoms with E-state index in [1.165, 1.54) is 17.4 Å². The minimum atomic E-state index is -0.442. The van der Waals surface area contributed by atoms with Gasteiger partial charge in [0.05, 0.1) is 5.52 Å². The van der Waals surface area contributed by atoms with E-state index in [0.717, 1.165) is 29.0 Å². The fraction of sp³-hybridized carbons (Fsp3) is 0.333. The molecule has 0 bridgehead atoms. The van der Waals surface area contributed by atoms with Gasteiger partial charge in [0.2, 0.25) is 0 Å². The van der Waals surface area contributed by atoms with Gasteiger partial charge >= 0.3 is 0 Å². The molecule has 7 heteroatoms. The van der Waals surface area contributed by atoms with E-state index in [1.54, 1.807) is 4.57 Å². The Morgan fingerprint density at radius 2 is 2.08 bits per heavy atom. The summed E-state index contributed by atoms with van der Waals surface area (Å²) in [5.41, 5.74) is 2.13. The Bertz CT molecular complexity index is 1010. The van der Waals surface area contributed by atoms with E-state index in [9.17, 15) is 13.6 Å². The highest BCUT2D eigenvalue weighted by Crippen LogP contribution is 2.22. The van der Waals surface area contributed by atoms with Crippen molar-refractivity contribution >= 4 is 21.6 Å². The van der Waals surface area contributed by atoms with Crippen LogP contribution in [0.2, 0.25) is 0 Å². The van der Waals surface area contributed by atoms with Crippen molar-refractivity contribution in [1.29, 1.82) is 0 Å². The number of aryl methyl sites for hydroxylation is 1. The first-order valence-electron chi connectivity index (χ1n) is 8.17. The zero-order chi connectivity index (χ0) is 17.6. The monoisotopic (exact) mass is 361 g/mol. The van der Waals surface area contributed by atoms with Crippen molar-refractivity contribution in [1.82, 2.24) is 14.5 Å². The molecule has 3 aromatic rings. The van der Waals surface area contributed by atoms with Crippen LogP contribution in [0.25, 0.3) is 10.2 Å². The van der Waals surface area contributed by atoms with Crippen LogP contribution in [-0.2, 0) is 19.5 Å². The molecule has 0 spiro atoms. The lowest BCUT2D eigenvalue weighted by atomic mass is 10.2. The van der Waals surface area contributed by atoms with Crippen molar-refractivity contribution in [3.63, 3.8) is 0 Å². The van der Waals surface area contributed by atoms with E-state index in [1.807, 2.05) is 17.2 Å². The van der Waals surface area contributed by atoms with E-state index in [0.29, 0.717) is 42.9 Å². The molecule has 130 valence electrons. The summed E-state index contributed by atoms with van der Waals surface area (Å²) >= 11 is 1.43. The van der Waals surface area contributed by atoms with E-state index in [-0.39, 0.29) is 5.56 Å². The Balaban J connectivity index is 1.62. The maximum Gasteiger partial charge on any atom is 0.271 e. The molecule has 3 heterocycles. The van der Waals surface area contributed by atoms with Gasteiger partial charge in [-0.1, -0.05) is 0 Å². The van der Waals surface area contributed by atoms with Crippen molar-refractivity contribution in [3.8, 4) is 0 Å². The highest BCUT2D eigenvalue weighted by molar-refractivity contribution is 7.17. The van der Waals surface area contributed by atoms with Crippen LogP contribution in [0.15, 0.2) is 28.4 Å². The van der Waals surface area contributed by atoms with Crippen LogP contribution in [0.5, 0.6) is 0 Å². The van der Waals surface area contributed by atoms with Gasteiger partial charge in [-0.05, 0) is 36.1 Å². The molecule has 4 nitrogen and oxygen atoms in total. The van der Waals surface area contributed by atoms with Gasteiger partial charge in [0.15, 0.2) is 0 Å². The zero-order valence-corrected chi connectivity index (χ0v) is 14.6. The number of halogens is 2. The molecule has 0 unspecified atom stereocenters. The highest BCUT2D eigenvalue weighted by atomic mass is 32.1. The summed E-state index contributed by atoms with van der Waals surface area (Å²) in [4.78, 5) is 19.4. The van der Waals surface area contributed by atoms with E-state index in [4.69, 9.17) is 0 Å². The van der Waals surface area contributed by atoms with Gasteiger partial charge < -0.3 is 0 Å². The standard InChI is InChI=1S/C18H17F2N3OS/c1-11-10-25-17-16(11)21-15-4-5-22(6-7-23(15)18(17)24)9-12-8-13(19)2-3-14(12)20/h2-3,8,10H,4-7,9H2,1H3. The Hall–Kier alpha value is -2.12. The molecular weight excluding hydrogens is 344 g/mol. The number of aromatic nitrogens is 2. The first-order chi connectivity index (χ1) is 12.0. The lowest BCUT2D eigenvalue weighted by Crippen LogP contribution is -2.28. The van der Waals surface area contributed by atoms with Gasteiger partial charge in [0.25, 0.3) is 5.56 Å². The molecule has 25 heavy (non-hydrogen) atoms. The number of nitrogens with zero attached hydrogens (tertiary/aromatic N) is 3. The SMILES string of the molecule is Cc1csc2c(=O)n3c(nc12)CCN(Cc1cc(F)ccc1F)CC3. The smallest absolute Gasteiger partial charge is 0.271 e. The summed E-state index contributed by atoms with van der Waals surface area (Å²) < 4.78 is 29.7. The number of benzene rings is 1. The molecule has 0 atom stereocenters. The minimum absolute atomic E-state index is 0.00288. The van der Waals surface area contributed by atoms with Crippen molar-refractivity contribution in [2.45, 2.75) is 26.4 Å². The van der Waals surface area contributed by atoms with Gasteiger partial charge in [-0.15, -0.1) is 11.3 Å². The van der Waals surface area contributed by atoms with Crippen LogP contribution >= 0.6 is 11.3 Å². The topological polar surface area (TPSA) is 38.1 Å². The van der Waals surface area contributed by atoms with Crippen molar-refractivity contribution in [2.24, 2.45) is 0 Å². The van der Waals surface area contributed by atoms with Crippen molar-refractivity contribution < 1.29 is 8.78 Å². The molecular formula is C18H17F2N3OS. The lowest BCUT2D eigenvalue weighted by molar-refractivity contribution is 0.267. The fourth-order valence-corrected chi connectivity index (χ4v) is 4.19. The maximum atomic E-state index is 13.9. The predicted octanol–water partition coefficient (Wildman–Crippen LogP) is 3.10. The fourth-order valence-electron chi connectivity index (χ4n) is 3.25. The van der Waals surface area contributed by atoms with Gasteiger partial charge in [0, 0.05) is 38.2 Å². The number of hydrogen-bond donors (Lipinski definition) is 0. The quantitative estimate of drug-likeness (QED) is 0.704. The highest BCUT2D eigenvalue weighted by Gasteiger charge is 2.20. The molecule has 1 aliphatic heterocycles. The van der Waals surface area contributed by atoms with Crippen LogP contribution in [0, 0.1) is 18.6 Å². The van der Waals surface area contributed by atoms with Crippen molar-refractivity contribution in [3.05, 3.63) is 62.5 Å². The largest absolute Gasteiger partial charge is 0.297 e. The van der Waals surface area contributed by atoms with Crippen LogP contribution in [0.1, 0.15) is 17.0 Å².